The minimum atomic E-state index is -0.283. The molecule has 0 spiro atoms. The molecule has 3 aromatic heterocycles. The SMILES string of the molecule is CCCc1cc(C)[nH]c(=O)c1CNC(=O)c1cc(-c2cnc(N)nc2)cc2c1cnn2C(C)C. The van der Waals surface area contributed by atoms with Crippen molar-refractivity contribution >= 4 is 22.8 Å². The molecule has 0 fully saturated rings. The lowest BCUT2D eigenvalue weighted by Gasteiger charge is -2.13. The number of nitrogens with two attached hydrogens (primary N) is 1. The van der Waals surface area contributed by atoms with Crippen molar-refractivity contribution < 1.29 is 4.79 Å². The van der Waals surface area contributed by atoms with Gasteiger partial charge in [0.25, 0.3) is 11.5 Å². The smallest absolute Gasteiger partial charge is 0.253 e. The summed E-state index contributed by atoms with van der Waals surface area (Å²) in [6.45, 7) is 8.12. The number of pyridine rings is 1. The van der Waals surface area contributed by atoms with E-state index in [9.17, 15) is 9.59 Å². The molecule has 0 aliphatic carbocycles. The Bertz CT molecular complexity index is 1400. The number of amides is 1. The highest BCUT2D eigenvalue weighted by Gasteiger charge is 2.18. The zero-order valence-corrected chi connectivity index (χ0v) is 19.8. The van der Waals surface area contributed by atoms with Gasteiger partial charge in [-0.1, -0.05) is 13.3 Å². The lowest BCUT2D eigenvalue weighted by atomic mass is 10.0. The maximum atomic E-state index is 13.4. The minimum absolute atomic E-state index is 0.106. The summed E-state index contributed by atoms with van der Waals surface area (Å²) < 4.78 is 1.87. The third-order valence-electron chi connectivity index (χ3n) is 5.76. The highest BCUT2D eigenvalue weighted by Crippen LogP contribution is 2.29. The van der Waals surface area contributed by atoms with Crippen LogP contribution in [0.5, 0.6) is 0 Å². The van der Waals surface area contributed by atoms with Crippen molar-refractivity contribution in [1.29, 1.82) is 0 Å². The molecule has 0 saturated carbocycles. The third kappa shape index (κ3) is 4.54. The van der Waals surface area contributed by atoms with Crippen molar-refractivity contribution in [2.75, 3.05) is 5.73 Å². The van der Waals surface area contributed by atoms with Gasteiger partial charge in [-0.2, -0.15) is 5.10 Å². The van der Waals surface area contributed by atoms with Gasteiger partial charge in [0.15, 0.2) is 0 Å². The van der Waals surface area contributed by atoms with Gasteiger partial charge in [-0.05, 0) is 56.5 Å². The molecule has 0 radical (unpaired) electrons. The number of rotatable bonds is 7. The number of fused-ring (bicyclic) bond motifs is 1. The van der Waals surface area contributed by atoms with Crippen LogP contribution in [-0.2, 0) is 13.0 Å². The van der Waals surface area contributed by atoms with E-state index in [0.717, 1.165) is 46.1 Å². The number of anilines is 1. The summed E-state index contributed by atoms with van der Waals surface area (Å²) in [7, 11) is 0. The molecule has 176 valence electrons. The van der Waals surface area contributed by atoms with Crippen LogP contribution in [0.2, 0.25) is 0 Å². The monoisotopic (exact) mass is 459 g/mol. The molecule has 0 aliphatic heterocycles. The van der Waals surface area contributed by atoms with Gasteiger partial charge in [0.1, 0.15) is 0 Å². The van der Waals surface area contributed by atoms with Crippen LogP contribution in [-0.4, -0.2) is 30.6 Å². The van der Waals surface area contributed by atoms with Gasteiger partial charge in [-0.25, -0.2) is 9.97 Å². The first-order valence-corrected chi connectivity index (χ1v) is 11.4. The largest absolute Gasteiger partial charge is 0.368 e. The molecule has 4 N–H and O–H groups in total. The zero-order chi connectivity index (χ0) is 24.4. The summed E-state index contributed by atoms with van der Waals surface area (Å²) >= 11 is 0. The van der Waals surface area contributed by atoms with E-state index in [0.29, 0.717) is 11.1 Å². The average Bonchev–Trinajstić information content (AvgIpc) is 3.22. The summed E-state index contributed by atoms with van der Waals surface area (Å²) in [4.78, 5) is 37.0. The number of hydrogen-bond donors (Lipinski definition) is 3. The summed E-state index contributed by atoms with van der Waals surface area (Å²) in [6.07, 6.45) is 6.64. The minimum Gasteiger partial charge on any atom is -0.368 e. The predicted octanol–water partition coefficient (Wildman–Crippen LogP) is 3.54. The van der Waals surface area contributed by atoms with Crippen molar-refractivity contribution in [3.63, 3.8) is 0 Å². The Hall–Kier alpha value is -4.01. The van der Waals surface area contributed by atoms with Crippen LogP contribution in [0.3, 0.4) is 0 Å². The topological polar surface area (TPSA) is 132 Å². The predicted molar refractivity (Wildman–Crippen MR) is 133 cm³/mol. The third-order valence-corrected chi connectivity index (χ3v) is 5.76. The molecule has 0 saturated heterocycles. The quantitative estimate of drug-likeness (QED) is 0.387. The standard InChI is InChI=1S/C25H29N7O2/c1-5-6-16-7-15(4)31-24(34)20(16)12-27-23(33)19-8-17(18-10-28-25(26)29-11-18)9-22-21(19)13-30-32(22)14(2)3/h7-11,13-14H,5-6,12H2,1-4H3,(H,27,33)(H,31,34)(H2,26,28,29). The summed E-state index contributed by atoms with van der Waals surface area (Å²) in [6, 6.07) is 5.84. The Morgan fingerprint density at radius 1 is 1.15 bits per heavy atom. The Balaban J connectivity index is 1.74. The fourth-order valence-electron chi connectivity index (χ4n) is 4.13. The molecule has 0 aliphatic rings. The van der Waals surface area contributed by atoms with Crippen LogP contribution in [0.4, 0.5) is 5.95 Å². The highest BCUT2D eigenvalue weighted by molar-refractivity contribution is 6.08. The van der Waals surface area contributed by atoms with Gasteiger partial charge in [0.05, 0.1) is 17.3 Å². The number of aromatic nitrogens is 5. The number of carbonyl (C=O) groups is 1. The molecule has 4 rings (SSSR count). The van der Waals surface area contributed by atoms with Gasteiger partial charge in [-0.15, -0.1) is 0 Å². The van der Waals surface area contributed by atoms with Crippen molar-refractivity contribution in [2.45, 2.75) is 53.1 Å². The fraction of sp³-hybridized carbons (Fsp3) is 0.320. The molecule has 4 aromatic rings. The number of hydrogen-bond acceptors (Lipinski definition) is 6. The number of nitrogen functional groups attached to an aromatic ring is 1. The van der Waals surface area contributed by atoms with Gasteiger partial charge < -0.3 is 16.0 Å². The summed E-state index contributed by atoms with van der Waals surface area (Å²) in [5.41, 5.74) is 10.6. The first-order chi connectivity index (χ1) is 16.3. The Labute approximate surface area is 197 Å². The van der Waals surface area contributed by atoms with Crippen LogP contribution in [0, 0.1) is 6.92 Å². The normalized spacial score (nSPS) is 11.3. The number of benzene rings is 1. The molecule has 0 unspecified atom stereocenters. The maximum Gasteiger partial charge on any atom is 0.253 e. The number of nitrogens with one attached hydrogen (secondary N) is 2. The van der Waals surface area contributed by atoms with Gasteiger partial charge in [0.2, 0.25) is 5.95 Å². The average molecular weight is 460 g/mol. The van der Waals surface area contributed by atoms with E-state index in [1.807, 2.05) is 37.6 Å². The molecule has 1 aromatic carbocycles. The van der Waals surface area contributed by atoms with E-state index < -0.39 is 0 Å². The molecule has 34 heavy (non-hydrogen) atoms. The number of aryl methyl sites for hydroxylation is 2. The first kappa shape index (κ1) is 23.2. The van der Waals surface area contributed by atoms with Gasteiger partial charge in [0, 0.05) is 47.2 Å². The fourth-order valence-corrected chi connectivity index (χ4v) is 4.13. The van der Waals surface area contributed by atoms with Crippen molar-refractivity contribution in [3.05, 3.63) is 69.5 Å². The van der Waals surface area contributed by atoms with Crippen LogP contribution in [0.15, 0.2) is 41.6 Å². The molecule has 3 heterocycles. The molecule has 9 nitrogen and oxygen atoms in total. The van der Waals surface area contributed by atoms with Crippen LogP contribution < -0.4 is 16.6 Å². The summed E-state index contributed by atoms with van der Waals surface area (Å²) in [5, 5.41) is 8.18. The van der Waals surface area contributed by atoms with E-state index in [2.05, 4.69) is 32.3 Å². The Morgan fingerprint density at radius 3 is 2.56 bits per heavy atom. The molecular weight excluding hydrogens is 430 g/mol. The number of carbonyl (C=O) groups excluding carboxylic acids is 1. The van der Waals surface area contributed by atoms with Crippen molar-refractivity contribution in [2.24, 2.45) is 0 Å². The second-order valence-electron chi connectivity index (χ2n) is 8.69. The molecule has 9 heteroatoms. The Morgan fingerprint density at radius 2 is 1.88 bits per heavy atom. The second-order valence-corrected chi connectivity index (χ2v) is 8.69. The first-order valence-electron chi connectivity index (χ1n) is 11.4. The number of nitrogens with zero attached hydrogens (tertiary/aromatic N) is 4. The summed E-state index contributed by atoms with van der Waals surface area (Å²) in [5.74, 6) is -0.102. The molecule has 1 amide bonds. The van der Waals surface area contributed by atoms with Crippen molar-refractivity contribution in [3.8, 4) is 11.1 Å². The molecule has 0 atom stereocenters. The number of H-pyrrole nitrogens is 1. The zero-order valence-electron chi connectivity index (χ0n) is 19.8. The van der Waals surface area contributed by atoms with Gasteiger partial charge >= 0.3 is 0 Å². The highest BCUT2D eigenvalue weighted by atomic mass is 16.1. The van der Waals surface area contributed by atoms with E-state index in [4.69, 9.17) is 5.73 Å². The van der Waals surface area contributed by atoms with E-state index in [1.165, 1.54) is 0 Å². The molecule has 0 bridgehead atoms. The maximum absolute atomic E-state index is 13.4. The van der Waals surface area contributed by atoms with E-state index in [1.54, 1.807) is 24.7 Å². The number of aromatic amines is 1. The van der Waals surface area contributed by atoms with Crippen LogP contribution in [0.1, 0.15) is 60.4 Å². The van der Waals surface area contributed by atoms with Crippen LogP contribution >= 0.6 is 0 Å². The molecular formula is C25H29N7O2. The van der Waals surface area contributed by atoms with Crippen LogP contribution in [0.25, 0.3) is 22.0 Å². The van der Waals surface area contributed by atoms with Gasteiger partial charge in [-0.3, -0.25) is 14.3 Å². The lowest BCUT2D eigenvalue weighted by molar-refractivity contribution is 0.0952. The van der Waals surface area contributed by atoms with E-state index >= 15 is 0 Å². The Kier molecular flexibility index (Phi) is 6.45. The second kappa shape index (κ2) is 9.46. The lowest BCUT2D eigenvalue weighted by Crippen LogP contribution is -2.28. The van der Waals surface area contributed by atoms with E-state index in [-0.39, 0.29) is 30.0 Å². The van der Waals surface area contributed by atoms with Crippen molar-refractivity contribution in [1.82, 2.24) is 30.0 Å².